The molecule has 9 heteroatoms. The summed E-state index contributed by atoms with van der Waals surface area (Å²) in [6.45, 7) is 3.06. The van der Waals surface area contributed by atoms with Crippen molar-refractivity contribution in [2.24, 2.45) is 0 Å². The second-order valence-corrected chi connectivity index (χ2v) is 7.55. The number of ether oxygens (including phenoxy) is 1. The number of hydrogen-bond donors (Lipinski definition) is 2. The summed E-state index contributed by atoms with van der Waals surface area (Å²) in [5.41, 5.74) is 7.68. The molecule has 0 saturated carbocycles. The molecule has 3 rings (SSSR count). The molecule has 8 nitrogen and oxygen atoms in total. The standard InChI is InChI=1S/C16H19N3O5S/c1-11-2-3-13(12(17)10-11)18-16(20)14-4-5-15(24-14)25(21,22)19-6-8-23-9-7-19/h2-5,10H,6-9,17H2,1H3,(H,18,20). The largest absolute Gasteiger partial charge is 0.438 e. The van der Waals surface area contributed by atoms with Crippen LogP contribution in [0.15, 0.2) is 39.8 Å². The van der Waals surface area contributed by atoms with Gasteiger partial charge in [0.15, 0.2) is 5.76 Å². The summed E-state index contributed by atoms with van der Waals surface area (Å²) in [7, 11) is -3.78. The number of nitrogens with zero attached hydrogens (tertiary/aromatic N) is 1. The van der Waals surface area contributed by atoms with Gasteiger partial charge in [-0.05, 0) is 36.8 Å². The molecule has 1 aliphatic heterocycles. The molecule has 1 saturated heterocycles. The zero-order valence-corrected chi connectivity index (χ0v) is 14.5. The van der Waals surface area contributed by atoms with Gasteiger partial charge >= 0.3 is 0 Å². The smallest absolute Gasteiger partial charge is 0.291 e. The van der Waals surface area contributed by atoms with Gasteiger partial charge in [-0.2, -0.15) is 4.31 Å². The zero-order chi connectivity index (χ0) is 18.0. The Labute approximate surface area is 145 Å². The summed E-state index contributed by atoms with van der Waals surface area (Å²) >= 11 is 0. The van der Waals surface area contributed by atoms with Gasteiger partial charge in [0.25, 0.3) is 15.9 Å². The number of amides is 1. The molecule has 0 atom stereocenters. The Kier molecular flexibility index (Phi) is 4.80. The normalized spacial score (nSPS) is 15.9. The van der Waals surface area contributed by atoms with E-state index >= 15 is 0 Å². The minimum absolute atomic E-state index is 0.105. The Morgan fingerprint density at radius 1 is 1.20 bits per heavy atom. The third-order valence-corrected chi connectivity index (χ3v) is 5.60. The Bertz CT molecular complexity index is 885. The van der Waals surface area contributed by atoms with Crippen LogP contribution >= 0.6 is 0 Å². The molecule has 3 N–H and O–H groups in total. The molecule has 1 aromatic heterocycles. The Morgan fingerprint density at radius 3 is 2.60 bits per heavy atom. The Balaban J connectivity index is 1.77. The van der Waals surface area contributed by atoms with Gasteiger partial charge in [0.2, 0.25) is 5.09 Å². The summed E-state index contributed by atoms with van der Waals surface area (Å²) in [4.78, 5) is 12.3. The van der Waals surface area contributed by atoms with E-state index in [2.05, 4.69) is 5.32 Å². The van der Waals surface area contributed by atoms with Crippen molar-refractivity contribution in [3.8, 4) is 0 Å². The first-order chi connectivity index (χ1) is 11.9. The van der Waals surface area contributed by atoms with E-state index in [1.54, 1.807) is 12.1 Å². The summed E-state index contributed by atoms with van der Waals surface area (Å²) in [6.07, 6.45) is 0. The van der Waals surface area contributed by atoms with Gasteiger partial charge in [0.1, 0.15) is 0 Å². The monoisotopic (exact) mass is 365 g/mol. The summed E-state index contributed by atoms with van der Waals surface area (Å²) in [5, 5.41) is 2.34. The molecule has 1 amide bonds. The number of furan rings is 1. The lowest BCUT2D eigenvalue weighted by Crippen LogP contribution is -2.40. The molecular weight excluding hydrogens is 346 g/mol. The molecule has 1 aromatic carbocycles. The quantitative estimate of drug-likeness (QED) is 0.793. The first-order valence-electron chi connectivity index (χ1n) is 7.73. The number of hydrogen-bond acceptors (Lipinski definition) is 6. The van der Waals surface area contributed by atoms with Gasteiger partial charge in [-0.25, -0.2) is 8.42 Å². The van der Waals surface area contributed by atoms with Crippen LogP contribution in [0.3, 0.4) is 0 Å². The highest BCUT2D eigenvalue weighted by Crippen LogP contribution is 2.23. The van der Waals surface area contributed by atoms with Crippen molar-refractivity contribution in [2.45, 2.75) is 12.0 Å². The molecular formula is C16H19N3O5S. The first-order valence-corrected chi connectivity index (χ1v) is 9.17. The van der Waals surface area contributed by atoms with Gasteiger partial charge in [0.05, 0.1) is 24.6 Å². The van der Waals surface area contributed by atoms with Crippen molar-refractivity contribution < 1.29 is 22.4 Å². The highest BCUT2D eigenvalue weighted by molar-refractivity contribution is 7.89. The van der Waals surface area contributed by atoms with E-state index in [0.717, 1.165) is 5.56 Å². The number of morpholine rings is 1. The number of benzene rings is 1. The zero-order valence-electron chi connectivity index (χ0n) is 13.7. The maximum Gasteiger partial charge on any atom is 0.291 e. The molecule has 1 aliphatic rings. The van der Waals surface area contributed by atoms with E-state index in [9.17, 15) is 13.2 Å². The molecule has 0 unspecified atom stereocenters. The number of nitrogens with two attached hydrogens (primary N) is 1. The van der Waals surface area contributed by atoms with Crippen LogP contribution < -0.4 is 11.1 Å². The van der Waals surface area contributed by atoms with Crippen LogP contribution in [0.25, 0.3) is 0 Å². The number of rotatable bonds is 4. The van der Waals surface area contributed by atoms with Gasteiger partial charge in [-0.1, -0.05) is 6.07 Å². The topological polar surface area (TPSA) is 115 Å². The van der Waals surface area contributed by atoms with Crippen molar-refractivity contribution >= 4 is 27.3 Å². The van der Waals surface area contributed by atoms with E-state index in [0.29, 0.717) is 24.6 Å². The van der Waals surface area contributed by atoms with Crippen LogP contribution in [0.5, 0.6) is 0 Å². The number of sulfonamides is 1. The number of nitrogen functional groups attached to an aromatic ring is 1. The van der Waals surface area contributed by atoms with Gasteiger partial charge < -0.3 is 20.2 Å². The predicted octanol–water partition coefficient (Wildman–Crippen LogP) is 1.44. The van der Waals surface area contributed by atoms with Crippen LogP contribution in [0.1, 0.15) is 16.1 Å². The molecule has 25 heavy (non-hydrogen) atoms. The second-order valence-electron chi connectivity index (χ2n) is 5.68. The second kappa shape index (κ2) is 6.87. The highest BCUT2D eigenvalue weighted by atomic mass is 32.2. The fourth-order valence-electron chi connectivity index (χ4n) is 2.47. The number of carbonyl (C=O) groups is 1. The minimum atomic E-state index is -3.78. The molecule has 0 spiro atoms. The number of aryl methyl sites for hydroxylation is 1. The molecule has 1 fully saturated rings. The van der Waals surface area contributed by atoms with Crippen LogP contribution in [-0.2, 0) is 14.8 Å². The van der Waals surface area contributed by atoms with Crippen LogP contribution in [0.2, 0.25) is 0 Å². The van der Waals surface area contributed by atoms with E-state index in [1.807, 2.05) is 13.0 Å². The lowest BCUT2D eigenvalue weighted by atomic mass is 10.2. The fraction of sp³-hybridized carbons (Fsp3) is 0.312. The predicted molar refractivity (Wildman–Crippen MR) is 91.8 cm³/mol. The molecule has 0 bridgehead atoms. The average Bonchev–Trinajstić information content (AvgIpc) is 3.09. The lowest BCUT2D eigenvalue weighted by Gasteiger charge is -2.24. The van der Waals surface area contributed by atoms with E-state index in [-0.39, 0.29) is 23.9 Å². The summed E-state index contributed by atoms with van der Waals surface area (Å²) in [6, 6.07) is 7.82. The SMILES string of the molecule is Cc1ccc(NC(=O)c2ccc(S(=O)(=O)N3CCOCC3)o2)c(N)c1. The maximum absolute atomic E-state index is 12.5. The number of carbonyl (C=O) groups excluding carboxylic acids is 1. The minimum Gasteiger partial charge on any atom is -0.438 e. The van der Waals surface area contributed by atoms with Gasteiger partial charge in [-0.15, -0.1) is 0 Å². The molecule has 134 valence electrons. The van der Waals surface area contributed by atoms with Crippen LogP contribution in [-0.4, -0.2) is 44.9 Å². The number of nitrogens with one attached hydrogen (secondary N) is 1. The van der Waals surface area contributed by atoms with Crippen molar-refractivity contribution in [3.63, 3.8) is 0 Å². The first kappa shape index (κ1) is 17.5. The van der Waals surface area contributed by atoms with Crippen molar-refractivity contribution in [2.75, 3.05) is 37.4 Å². The van der Waals surface area contributed by atoms with Crippen molar-refractivity contribution in [1.82, 2.24) is 4.31 Å². The summed E-state index contributed by atoms with van der Waals surface area (Å²) < 4.78 is 36.7. The molecule has 2 heterocycles. The summed E-state index contributed by atoms with van der Waals surface area (Å²) in [5.74, 6) is -0.675. The fourth-order valence-corrected chi connectivity index (χ4v) is 3.79. The van der Waals surface area contributed by atoms with Crippen molar-refractivity contribution in [3.05, 3.63) is 41.7 Å². The third kappa shape index (κ3) is 3.68. The molecule has 0 aliphatic carbocycles. The highest BCUT2D eigenvalue weighted by Gasteiger charge is 2.30. The van der Waals surface area contributed by atoms with E-state index in [4.69, 9.17) is 14.9 Å². The average molecular weight is 365 g/mol. The van der Waals surface area contributed by atoms with Crippen LogP contribution in [0.4, 0.5) is 11.4 Å². The van der Waals surface area contributed by atoms with E-state index < -0.39 is 15.9 Å². The Morgan fingerprint density at radius 2 is 1.92 bits per heavy atom. The molecule has 2 aromatic rings. The van der Waals surface area contributed by atoms with E-state index in [1.165, 1.54) is 16.4 Å². The maximum atomic E-state index is 12.5. The molecule has 0 radical (unpaired) electrons. The van der Waals surface area contributed by atoms with Gasteiger partial charge in [-0.3, -0.25) is 4.79 Å². The van der Waals surface area contributed by atoms with Gasteiger partial charge in [0, 0.05) is 13.1 Å². The lowest BCUT2D eigenvalue weighted by molar-refractivity contribution is 0.0723. The third-order valence-electron chi connectivity index (χ3n) is 3.82. The Hall–Kier alpha value is -2.36. The van der Waals surface area contributed by atoms with Crippen LogP contribution in [0, 0.1) is 6.92 Å². The number of anilines is 2. The van der Waals surface area contributed by atoms with Crippen molar-refractivity contribution in [1.29, 1.82) is 0 Å².